The molecule has 0 radical (unpaired) electrons. The first-order valence-corrected chi connectivity index (χ1v) is 11.5. The van der Waals surface area contributed by atoms with Gasteiger partial charge in [-0.2, -0.15) is 0 Å². The van der Waals surface area contributed by atoms with Gasteiger partial charge in [-0.15, -0.1) is 0 Å². The molecule has 9 heteroatoms. The highest BCUT2D eigenvalue weighted by Gasteiger charge is 2.38. The van der Waals surface area contributed by atoms with Gasteiger partial charge in [0.1, 0.15) is 10.7 Å². The number of nitrogens with zero attached hydrogens (tertiary/aromatic N) is 3. The predicted octanol–water partition coefficient (Wildman–Crippen LogP) is 1.66. The summed E-state index contributed by atoms with van der Waals surface area (Å²) in [6.45, 7) is 2.98. The SMILES string of the molecule is CNS(=O)(=O)c1ccccc1N1CCN(C2CCN(c3ccccc3F)C2=O)CC1. The largest absolute Gasteiger partial charge is 0.368 e. The van der Waals surface area contributed by atoms with Crippen molar-refractivity contribution in [3.8, 4) is 0 Å². The van der Waals surface area contributed by atoms with E-state index < -0.39 is 15.8 Å². The van der Waals surface area contributed by atoms with Crippen LogP contribution in [-0.2, 0) is 14.8 Å². The van der Waals surface area contributed by atoms with E-state index in [2.05, 4.69) is 9.62 Å². The van der Waals surface area contributed by atoms with Crippen molar-refractivity contribution in [3.63, 3.8) is 0 Å². The van der Waals surface area contributed by atoms with Gasteiger partial charge in [0, 0.05) is 32.7 Å². The third-order valence-electron chi connectivity index (χ3n) is 5.84. The second-order valence-corrected chi connectivity index (χ2v) is 9.30. The molecule has 1 amide bonds. The molecule has 0 aromatic heterocycles. The van der Waals surface area contributed by atoms with Crippen LogP contribution in [0.4, 0.5) is 15.8 Å². The Labute approximate surface area is 176 Å². The lowest BCUT2D eigenvalue weighted by Gasteiger charge is -2.39. The monoisotopic (exact) mass is 432 g/mol. The van der Waals surface area contributed by atoms with Gasteiger partial charge in [0.25, 0.3) is 0 Å². The molecule has 2 heterocycles. The number of anilines is 2. The Morgan fingerprint density at radius 2 is 1.57 bits per heavy atom. The molecule has 2 aliphatic heterocycles. The molecule has 0 aliphatic carbocycles. The van der Waals surface area contributed by atoms with E-state index in [1.807, 2.05) is 11.0 Å². The van der Waals surface area contributed by atoms with Crippen molar-refractivity contribution in [2.45, 2.75) is 17.4 Å². The fraction of sp³-hybridized carbons (Fsp3) is 0.381. The Balaban J connectivity index is 1.45. The van der Waals surface area contributed by atoms with E-state index in [1.54, 1.807) is 36.4 Å². The van der Waals surface area contributed by atoms with E-state index in [-0.39, 0.29) is 16.8 Å². The average molecular weight is 433 g/mol. The topological polar surface area (TPSA) is 73.0 Å². The average Bonchev–Trinajstić information content (AvgIpc) is 3.15. The summed E-state index contributed by atoms with van der Waals surface area (Å²) in [5.41, 5.74) is 0.993. The van der Waals surface area contributed by atoms with Crippen LogP contribution in [0.15, 0.2) is 53.4 Å². The van der Waals surface area contributed by atoms with Crippen molar-refractivity contribution in [2.24, 2.45) is 0 Å². The molecular formula is C21H25FN4O3S. The lowest BCUT2D eigenvalue weighted by atomic mass is 10.1. The van der Waals surface area contributed by atoms with Crippen molar-refractivity contribution in [1.82, 2.24) is 9.62 Å². The van der Waals surface area contributed by atoms with E-state index in [0.29, 0.717) is 50.5 Å². The van der Waals surface area contributed by atoms with Crippen LogP contribution in [0.5, 0.6) is 0 Å². The zero-order valence-corrected chi connectivity index (χ0v) is 17.6. The van der Waals surface area contributed by atoms with Crippen molar-refractivity contribution >= 4 is 27.3 Å². The standard InChI is InChI=1S/C21H25FN4O3S/c1-23-30(28,29)20-9-5-4-8-18(20)24-12-14-25(15-13-24)19-10-11-26(21(19)27)17-7-3-2-6-16(17)22/h2-9,19,23H,10-15H2,1H3. The molecule has 1 unspecified atom stereocenters. The van der Waals surface area contributed by atoms with Gasteiger partial charge in [-0.25, -0.2) is 17.5 Å². The van der Waals surface area contributed by atoms with Gasteiger partial charge in [-0.1, -0.05) is 24.3 Å². The maximum absolute atomic E-state index is 14.1. The predicted molar refractivity (Wildman–Crippen MR) is 114 cm³/mol. The van der Waals surface area contributed by atoms with Crippen molar-refractivity contribution in [2.75, 3.05) is 49.6 Å². The number of carbonyl (C=O) groups is 1. The first kappa shape index (κ1) is 20.8. The van der Waals surface area contributed by atoms with Gasteiger partial charge >= 0.3 is 0 Å². The minimum atomic E-state index is -3.56. The zero-order valence-electron chi connectivity index (χ0n) is 16.8. The molecule has 0 bridgehead atoms. The third-order valence-corrected chi connectivity index (χ3v) is 7.30. The van der Waals surface area contributed by atoms with Gasteiger partial charge in [-0.05, 0) is 37.7 Å². The first-order chi connectivity index (χ1) is 14.4. The van der Waals surface area contributed by atoms with Crippen LogP contribution in [0.25, 0.3) is 0 Å². The van der Waals surface area contributed by atoms with E-state index in [4.69, 9.17) is 0 Å². The van der Waals surface area contributed by atoms with Gasteiger partial charge in [-0.3, -0.25) is 9.69 Å². The molecule has 0 saturated carbocycles. The number of sulfonamides is 1. The van der Waals surface area contributed by atoms with Gasteiger partial charge in [0.2, 0.25) is 15.9 Å². The highest BCUT2D eigenvalue weighted by molar-refractivity contribution is 7.89. The van der Waals surface area contributed by atoms with Gasteiger partial charge < -0.3 is 9.80 Å². The Morgan fingerprint density at radius 3 is 2.23 bits per heavy atom. The summed E-state index contributed by atoms with van der Waals surface area (Å²) in [6.07, 6.45) is 0.651. The lowest BCUT2D eigenvalue weighted by molar-refractivity contribution is -0.121. The second-order valence-electron chi connectivity index (χ2n) is 7.44. The van der Waals surface area contributed by atoms with Crippen LogP contribution < -0.4 is 14.5 Å². The fourth-order valence-corrected chi connectivity index (χ4v) is 5.19. The Hall–Kier alpha value is -2.49. The summed E-state index contributed by atoms with van der Waals surface area (Å²) in [4.78, 5) is 18.9. The van der Waals surface area contributed by atoms with E-state index in [0.717, 1.165) is 0 Å². The summed E-state index contributed by atoms with van der Waals surface area (Å²) in [7, 11) is -2.16. The lowest BCUT2D eigenvalue weighted by Crippen LogP contribution is -2.53. The van der Waals surface area contributed by atoms with Crippen molar-refractivity contribution in [3.05, 3.63) is 54.3 Å². The number of piperazine rings is 1. The minimum Gasteiger partial charge on any atom is -0.368 e. The molecular weight excluding hydrogens is 407 g/mol. The molecule has 7 nitrogen and oxygen atoms in total. The number of carbonyl (C=O) groups excluding carboxylic acids is 1. The molecule has 1 atom stereocenters. The highest BCUT2D eigenvalue weighted by atomic mass is 32.2. The maximum Gasteiger partial charge on any atom is 0.244 e. The summed E-state index contributed by atoms with van der Waals surface area (Å²) in [5, 5.41) is 0. The van der Waals surface area contributed by atoms with E-state index in [1.165, 1.54) is 18.0 Å². The molecule has 2 aromatic carbocycles. The van der Waals surface area contributed by atoms with Gasteiger partial charge in [0.15, 0.2) is 0 Å². The number of rotatable bonds is 5. The summed E-state index contributed by atoms with van der Waals surface area (Å²) in [5.74, 6) is -0.467. The van der Waals surface area contributed by atoms with Crippen LogP contribution in [-0.4, -0.2) is 65.0 Å². The summed E-state index contributed by atoms with van der Waals surface area (Å²) in [6, 6.07) is 13.0. The number of hydrogen-bond acceptors (Lipinski definition) is 5. The molecule has 2 saturated heterocycles. The van der Waals surface area contributed by atoms with E-state index in [9.17, 15) is 17.6 Å². The first-order valence-electron chi connectivity index (χ1n) is 10.00. The minimum absolute atomic E-state index is 0.0771. The highest BCUT2D eigenvalue weighted by Crippen LogP contribution is 2.29. The molecule has 4 rings (SSSR count). The summed E-state index contributed by atoms with van der Waals surface area (Å²) >= 11 is 0. The molecule has 1 N–H and O–H groups in total. The van der Waals surface area contributed by atoms with E-state index >= 15 is 0 Å². The molecule has 2 aromatic rings. The third kappa shape index (κ3) is 3.80. The Kier molecular flexibility index (Phi) is 5.77. The van der Waals surface area contributed by atoms with Crippen LogP contribution in [0.3, 0.4) is 0 Å². The smallest absolute Gasteiger partial charge is 0.244 e. The Morgan fingerprint density at radius 1 is 0.933 bits per heavy atom. The second kappa shape index (κ2) is 8.33. The van der Waals surface area contributed by atoms with Crippen LogP contribution in [0.2, 0.25) is 0 Å². The quantitative estimate of drug-likeness (QED) is 0.778. The number of halogens is 1. The van der Waals surface area contributed by atoms with Crippen LogP contribution in [0, 0.1) is 5.82 Å². The number of para-hydroxylation sites is 2. The number of hydrogen-bond donors (Lipinski definition) is 1. The van der Waals surface area contributed by atoms with Crippen LogP contribution >= 0.6 is 0 Å². The maximum atomic E-state index is 14.1. The molecule has 2 aliphatic rings. The number of benzene rings is 2. The molecule has 0 spiro atoms. The molecule has 30 heavy (non-hydrogen) atoms. The van der Waals surface area contributed by atoms with Crippen molar-refractivity contribution < 1.29 is 17.6 Å². The van der Waals surface area contributed by atoms with Crippen molar-refractivity contribution in [1.29, 1.82) is 0 Å². The number of nitrogens with one attached hydrogen (secondary N) is 1. The van der Waals surface area contributed by atoms with Gasteiger partial charge in [0.05, 0.1) is 17.4 Å². The molecule has 2 fully saturated rings. The zero-order chi connectivity index (χ0) is 21.3. The summed E-state index contributed by atoms with van der Waals surface area (Å²) < 4.78 is 41.2. The number of amides is 1. The van der Waals surface area contributed by atoms with Crippen LogP contribution in [0.1, 0.15) is 6.42 Å². The molecule has 160 valence electrons. The fourth-order valence-electron chi connectivity index (χ4n) is 4.24. The Bertz CT molecular complexity index is 1040. The normalized spacial score (nSPS) is 20.7.